The molecular formula is C15H18N4. The molecule has 0 radical (unpaired) electrons. The average molecular weight is 254 g/mol. The van der Waals surface area contributed by atoms with E-state index in [-0.39, 0.29) is 0 Å². The number of nitrogens with zero attached hydrogens (tertiary/aromatic N) is 3. The number of hydrogen-bond acceptors (Lipinski definition) is 4. The van der Waals surface area contributed by atoms with Crippen LogP contribution in [0.4, 0.5) is 11.5 Å². The molecule has 1 aromatic heterocycles. The van der Waals surface area contributed by atoms with Crippen molar-refractivity contribution in [2.24, 2.45) is 0 Å². The Morgan fingerprint density at radius 2 is 2.05 bits per heavy atom. The van der Waals surface area contributed by atoms with E-state index in [1.807, 2.05) is 0 Å². The molecule has 1 aromatic carbocycles. The molecule has 2 aromatic rings. The summed E-state index contributed by atoms with van der Waals surface area (Å²) in [4.78, 5) is 2.39. The smallest absolute Gasteiger partial charge is 0.148 e. The van der Waals surface area contributed by atoms with Crippen molar-refractivity contribution < 1.29 is 0 Å². The highest BCUT2D eigenvalue weighted by Gasteiger charge is 2.18. The maximum absolute atomic E-state index is 4.33. The van der Waals surface area contributed by atoms with E-state index in [0.717, 1.165) is 37.6 Å². The van der Waals surface area contributed by atoms with Crippen molar-refractivity contribution in [3.05, 3.63) is 47.7 Å². The Morgan fingerprint density at radius 1 is 1.21 bits per heavy atom. The van der Waals surface area contributed by atoms with Gasteiger partial charge in [0.05, 0.1) is 5.69 Å². The molecule has 2 heterocycles. The third kappa shape index (κ3) is 2.52. The lowest BCUT2D eigenvalue weighted by atomic mass is 10.1. The van der Waals surface area contributed by atoms with Crippen molar-refractivity contribution in [1.82, 2.24) is 10.2 Å². The SMILES string of the molecule is CCNc1cc2c(nn1)CCN(c1ccccc1)C2. The first-order valence-corrected chi connectivity index (χ1v) is 6.76. The predicted octanol–water partition coefficient (Wildman–Crippen LogP) is 2.47. The Labute approximate surface area is 113 Å². The standard InChI is InChI=1S/C15H18N4/c1-2-16-15-10-12-11-19(9-8-14(12)17-18-15)13-6-4-3-5-7-13/h3-7,10H,2,8-9,11H2,1H3,(H,16,18). The third-order valence-electron chi connectivity index (χ3n) is 3.42. The summed E-state index contributed by atoms with van der Waals surface area (Å²) in [5, 5.41) is 11.7. The van der Waals surface area contributed by atoms with Gasteiger partial charge in [0, 0.05) is 31.7 Å². The minimum atomic E-state index is 0.871. The van der Waals surface area contributed by atoms with Gasteiger partial charge in [0.1, 0.15) is 5.82 Å². The lowest BCUT2D eigenvalue weighted by Crippen LogP contribution is -2.31. The summed E-state index contributed by atoms with van der Waals surface area (Å²) in [6.07, 6.45) is 0.962. The van der Waals surface area contributed by atoms with Gasteiger partial charge in [0.2, 0.25) is 0 Å². The van der Waals surface area contributed by atoms with E-state index < -0.39 is 0 Å². The third-order valence-corrected chi connectivity index (χ3v) is 3.42. The van der Waals surface area contributed by atoms with Crippen LogP contribution in [0.3, 0.4) is 0 Å². The lowest BCUT2D eigenvalue weighted by Gasteiger charge is -2.30. The van der Waals surface area contributed by atoms with Crippen LogP contribution in [0.25, 0.3) is 0 Å². The van der Waals surface area contributed by atoms with E-state index in [9.17, 15) is 0 Å². The Kier molecular flexibility index (Phi) is 3.31. The summed E-state index contributed by atoms with van der Waals surface area (Å²) < 4.78 is 0. The highest BCUT2D eigenvalue weighted by Crippen LogP contribution is 2.23. The summed E-state index contributed by atoms with van der Waals surface area (Å²) in [6.45, 7) is 4.85. The molecule has 0 atom stereocenters. The topological polar surface area (TPSA) is 41.1 Å². The van der Waals surface area contributed by atoms with E-state index in [4.69, 9.17) is 0 Å². The van der Waals surface area contributed by atoms with Crippen molar-refractivity contribution >= 4 is 11.5 Å². The number of rotatable bonds is 3. The number of aromatic nitrogens is 2. The van der Waals surface area contributed by atoms with Crippen molar-refractivity contribution in [3.63, 3.8) is 0 Å². The molecule has 0 amide bonds. The first-order chi connectivity index (χ1) is 9.36. The molecule has 4 heteroatoms. The van der Waals surface area contributed by atoms with Gasteiger partial charge in [-0.2, -0.15) is 5.10 Å². The fourth-order valence-corrected chi connectivity index (χ4v) is 2.46. The van der Waals surface area contributed by atoms with Gasteiger partial charge in [-0.25, -0.2) is 0 Å². The molecule has 0 saturated carbocycles. The summed E-state index contributed by atoms with van der Waals surface area (Å²) in [6, 6.07) is 12.7. The van der Waals surface area contributed by atoms with Gasteiger partial charge < -0.3 is 10.2 Å². The zero-order valence-corrected chi connectivity index (χ0v) is 11.1. The maximum Gasteiger partial charge on any atom is 0.148 e. The van der Waals surface area contributed by atoms with Crippen LogP contribution >= 0.6 is 0 Å². The molecule has 0 spiro atoms. The van der Waals surface area contributed by atoms with E-state index in [1.54, 1.807) is 0 Å². The van der Waals surface area contributed by atoms with Crippen LogP contribution in [0, 0.1) is 0 Å². The zero-order chi connectivity index (χ0) is 13.1. The van der Waals surface area contributed by atoms with Gasteiger partial charge in [0.15, 0.2) is 0 Å². The molecule has 0 fully saturated rings. The number of nitrogens with one attached hydrogen (secondary N) is 1. The number of para-hydroxylation sites is 1. The molecule has 0 unspecified atom stereocenters. The Bertz CT molecular complexity index is 553. The molecule has 4 nitrogen and oxygen atoms in total. The predicted molar refractivity (Wildman–Crippen MR) is 77.4 cm³/mol. The van der Waals surface area contributed by atoms with Crippen LogP contribution in [0.15, 0.2) is 36.4 Å². The number of benzene rings is 1. The van der Waals surface area contributed by atoms with Gasteiger partial charge >= 0.3 is 0 Å². The fraction of sp³-hybridized carbons (Fsp3) is 0.333. The van der Waals surface area contributed by atoms with Crippen molar-refractivity contribution in [2.45, 2.75) is 19.9 Å². The van der Waals surface area contributed by atoms with Gasteiger partial charge in [-0.15, -0.1) is 5.10 Å². The number of anilines is 2. The summed E-state index contributed by atoms with van der Waals surface area (Å²) >= 11 is 0. The fourth-order valence-electron chi connectivity index (χ4n) is 2.46. The van der Waals surface area contributed by atoms with E-state index in [0.29, 0.717) is 0 Å². The van der Waals surface area contributed by atoms with Crippen LogP contribution in [0.5, 0.6) is 0 Å². The minimum Gasteiger partial charge on any atom is -0.369 e. The molecule has 1 aliphatic rings. The van der Waals surface area contributed by atoms with Crippen LogP contribution in [0.1, 0.15) is 18.2 Å². The second kappa shape index (κ2) is 5.26. The molecule has 0 saturated heterocycles. The second-order valence-corrected chi connectivity index (χ2v) is 4.74. The van der Waals surface area contributed by atoms with Crippen LogP contribution in [-0.4, -0.2) is 23.3 Å². The van der Waals surface area contributed by atoms with Crippen LogP contribution in [-0.2, 0) is 13.0 Å². The van der Waals surface area contributed by atoms with Crippen molar-refractivity contribution in [1.29, 1.82) is 0 Å². The molecule has 1 aliphatic heterocycles. The quantitative estimate of drug-likeness (QED) is 0.913. The summed E-state index contributed by atoms with van der Waals surface area (Å²) in [5.74, 6) is 0.871. The van der Waals surface area contributed by atoms with Crippen molar-refractivity contribution in [3.8, 4) is 0 Å². The number of fused-ring (bicyclic) bond motifs is 1. The second-order valence-electron chi connectivity index (χ2n) is 4.74. The Hall–Kier alpha value is -2.10. The molecule has 0 bridgehead atoms. The highest BCUT2D eigenvalue weighted by atomic mass is 15.2. The molecule has 98 valence electrons. The summed E-state index contributed by atoms with van der Waals surface area (Å²) in [7, 11) is 0. The molecule has 1 N–H and O–H groups in total. The molecule has 0 aliphatic carbocycles. The van der Waals surface area contributed by atoms with Gasteiger partial charge in [-0.1, -0.05) is 18.2 Å². The lowest BCUT2D eigenvalue weighted by molar-refractivity contribution is 0.696. The normalized spacial score (nSPS) is 14.1. The molecule has 3 rings (SSSR count). The first kappa shape index (κ1) is 12.0. The van der Waals surface area contributed by atoms with Gasteiger partial charge in [0.25, 0.3) is 0 Å². The van der Waals surface area contributed by atoms with Crippen molar-refractivity contribution in [2.75, 3.05) is 23.3 Å². The van der Waals surface area contributed by atoms with E-state index >= 15 is 0 Å². The van der Waals surface area contributed by atoms with E-state index in [1.165, 1.54) is 11.3 Å². The Morgan fingerprint density at radius 3 is 2.84 bits per heavy atom. The maximum atomic E-state index is 4.33. The molecule has 19 heavy (non-hydrogen) atoms. The van der Waals surface area contributed by atoms with Crippen LogP contribution < -0.4 is 10.2 Å². The Balaban J connectivity index is 1.84. The van der Waals surface area contributed by atoms with Crippen LogP contribution in [0.2, 0.25) is 0 Å². The first-order valence-electron chi connectivity index (χ1n) is 6.76. The minimum absolute atomic E-state index is 0.871. The van der Waals surface area contributed by atoms with E-state index in [2.05, 4.69) is 63.7 Å². The zero-order valence-electron chi connectivity index (χ0n) is 11.1. The number of hydrogen-bond donors (Lipinski definition) is 1. The average Bonchev–Trinajstić information content (AvgIpc) is 2.48. The van der Waals surface area contributed by atoms with Gasteiger partial charge in [-0.05, 0) is 30.7 Å². The molecular weight excluding hydrogens is 236 g/mol. The largest absolute Gasteiger partial charge is 0.369 e. The highest BCUT2D eigenvalue weighted by molar-refractivity contribution is 5.50. The summed E-state index contributed by atoms with van der Waals surface area (Å²) in [5.41, 5.74) is 3.69. The monoisotopic (exact) mass is 254 g/mol. The van der Waals surface area contributed by atoms with Gasteiger partial charge in [-0.3, -0.25) is 0 Å².